The summed E-state index contributed by atoms with van der Waals surface area (Å²) in [6.07, 6.45) is -5.33. The number of rotatable bonds is 4. The van der Waals surface area contributed by atoms with Crippen LogP contribution >= 0.6 is 34.8 Å². The molecule has 2 fully saturated rings. The average Bonchev–Trinajstić information content (AvgIpc) is 2.80. The number of ether oxygens (including phenoxy) is 3. The third kappa shape index (κ3) is 4.80. The third-order valence-corrected chi connectivity index (χ3v) is 4.30. The van der Waals surface area contributed by atoms with Crippen LogP contribution in [0, 0.1) is 0 Å². The number of aliphatic hydroxyl groups excluding tert-OH is 4. The molecule has 2 rings (SSSR count). The Morgan fingerprint density at radius 1 is 1.09 bits per heavy atom. The molecule has 22 heavy (non-hydrogen) atoms. The molecule has 0 aromatic heterocycles. The largest absolute Gasteiger partial charge is 0.394 e. The number of hydrogen-bond acceptors (Lipinski definition) is 7. The Hall–Kier alpha value is 0.590. The van der Waals surface area contributed by atoms with Gasteiger partial charge in [0.2, 0.25) is 0 Å². The average molecular weight is 384 g/mol. The maximum Gasteiger partial charge on any atom is 0.189 e. The van der Waals surface area contributed by atoms with Crippen LogP contribution in [0.25, 0.3) is 0 Å². The molecule has 0 saturated carbocycles. The van der Waals surface area contributed by atoms with E-state index in [9.17, 15) is 15.3 Å². The van der Waals surface area contributed by atoms with Crippen molar-refractivity contribution in [3.8, 4) is 0 Å². The molecular formula is C12H21Cl3O7. The van der Waals surface area contributed by atoms with Crippen LogP contribution in [0.5, 0.6) is 0 Å². The molecule has 0 radical (unpaired) electrons. The predicted octanol–water partition coefficient (Wildman–Crippen LogP) is -0.381. The van der Waals surface area contributed by atoms with Gasteiger partial charge in [0.25, 0.3) is 0 Å². The molecule has 0 aromatic rings. The number of alkyl halides is 3. The van der Waals surface area contributed by atoms with Crippen molar-refractivity contribution in [2.45, 2.75) is 54.9 Å². The van der Waals surface area contributed by atoms with Gasteiger partial charge in [-0.1, -0.05) is 0 Å². The van der Waals surface area contributed by atoms with Gasteiger partial charge in [0.15, 0.2) is 12.6 Å². The van der Waals surface area contributed by atoms with E-state index in [2.05, 4.69) is 11.6 Å². The van der Waals surface area contributed by atoms with Gasteiger partial charge in [-0.15, -0.1) is 34.8 Å². The summed E-state index contributed by atoms with van der Waals surface area (Å²) in [5.41, 5.74) is 0. The van der Waals surface area contributed by atoms with E-state index >= 15 is 0 Å². The van der Waals surface area contributed by atoms with E-state index in [4.69, 9.17) is 42.5 Å². The molecule has 4 N–H and O–H groups in total. The Labute approximate surface area is 143 Å². The van der Waals surface area contributed by atoms with Crippen molar-refractivity contribution in [2.24, 2.45) is 0 Å². The highest BCUT2D eigenvalue weighted by Gasteiger charge is 2.46. The summed E-state index contributed by atoms with van der Waals surface area (Å²) in [4.78, 5) is 0. The minimum Gasteiger partial charge on any atom is -0.394 e. The summed E-state index contributed by atoms with van der Waals surface area (Å²) in [6, 6.07) is 0. The second-order valence-corrected chi connectivity index (χ2v) is 5.66. The van der Waals surface area contributed by atoms with Crippen molar-refractivity contribution in [3.63, 3.8) is 0 Å². The number of aliphatic hydroxyl groups is 4. The molecule has 0 bridgehead atoms. The van der Waals surface area contributed by atoms with E-state index in [0.29, 0.717) is 0 Å². The Balaban J connectivity index is 0.00000116. The molecule has 6 unspecified atom stereocenters. The Morgan fingerprint density at radius 2 is 1.73 bits per heavy atom. The first-order valence-electron chi connectivity index (χ1n) is 6.67. The Bertz CT molecular complexity index is 325. The summed E-state index contributed by atoms with van der Waals surface area (Å²) < 4.78 is 16.0. The van der Waals surface area contributed by atoms with Gasteiger partial charge in [-0.3, -0.25) is 0 Å². The van der Waals surface area contributed by atoms with E-state index in [0.717, 1.165) is 0 Å². The molecular weight excluding hydrogens is 362 g/mol. The number of halogens is 3. The van der Waals surface area contributed by atoms with Gasteiger partial charge in [-0.25, -0.2) is 0 Å². The van der Waals surface area contributed by atoms with Gasteiger partial charge in [0.1, 0.15) is 24.4 Å². The van der Waals surface area contributed by atoms with Gasteiger partial charge in [0.05, 0.1) is 24.0 Å². The molecule has 2 saturated heterocycles. The van der Waals surface area contributed by atoms with E-state index in [-0.39, 0.29) is 18.9 Å². The molecule has 0 aromatic carbocycles. The van der Waals surface area contributed by atoms with Crippen LogP contribution in [0.4, 0.5) is 0 Å². The highest BCUT2D eigenvalue weighted by atomic mass is 35.5. The summed E-state index contributed by atoms with van der Waals surface area (Å²) in [7, 11) is 0. The minimum atomic E-state index is -1.26. The lowest BCUT2D eigenvalue weighted by molar-refractivity contribution is -0.290. The predicted molar refractivity (Wildman–Crippen MR) is 80.3 cm³/mol. The van der Waals surface area contributed by atoms with Crippen LogP contribution < -0.4 is 0 Å². The van der Waals surface area contributed by atoms with Crippen LogP contribution in [-0.4, -0.2) is 87.8 Å². The summed E-state index contributed by atoms with van der Waals surface area (Å²) in [6.45, 7) is -0.369. The smallest absolute Gasteiger partial charge is 0.189 e. The van der Waals surface area contributed by atoms with Crippen molar-refractivity contribution in [1.82, 2.24) is 0 Å². The lowest BCUT2D eigenvalue weighted by Gasteiger charge is -2.36. The fourth-order valence-electron chi connectivity index (χ4n) is 2.24. The molecule has 8 atom stereocenters. The van der Waals surface area contributed by atoms with Crippen LogP contribution in [0.2, 0.25) is 0 Å². The molecule has 0 aliphatic carbocycles. The van der Waals surface area contributed by atoms with E-state index in [1.807, 2.05) is 0 Å². The minimum absolute atomic E-state index is 0.00918. The topological polar surface area (TPSA) is 109 Å². The lowest BCUT2D eigenvalue weighted by atomic mass is 10.1. The van der Waals surface area contributed by atoms with Crippen LogP contribution in [0.1, 0.15) is 6.42 Å². The van der Waals surface area contributed by atoms with Gasteiger partial charge in [-0.2, -0.15) is 0 Å². The Morgan fingerprint density at radius 3 is 2.23 bits per heavy atom. The Kier molecular flexibility index (Phi) is 9.17. The van der Waals surface area contributed by atoms with Crippen molar-refractivity contribution < 1.29 is 34.6 Å². The van der Waals surface area contributed by atoms with Gasteiger partial charge in [-0.05, 0) is 0 Å². The number of hydrogen-bond donors (Lipinski definition) is 4. The maximum atomic E-state index is 9.78. The normalized spacial score (nSPS) is 45.3. The fourth-order valence-corrected chi connectivity index (χ4v) is 2.73. The molecule has 132 valence electrons. The standard InChI is InChI=1S/C11H18Cl2O7.CH3Cl/c12-2-5-9(16)10(17)11(19-5)20-7-1-4(15)8(13)6(3-14)18-7;1-2/h4-11,14-17H,1-3H2;1H3/t4?,5?,6?,7-,8?,9-,10?,11?;/m1./s1. The first-order valence-corrected chi connectivity index (χ1v) is 8.40. The van der Waals surface area contributed by atoms with Crippen molar-refractivity contribution >= 4 is 34.8 Å². The van der Waals surface area contributed by atoms with Gasteiger partial charge < -0.3 is 34.6 Å². The molecule has 2 aliphatic rings. The van der Waals surface area contributed by atoms with Crippen molar-refractivity contribution in [2.75, 3.05) is 18.9 Å². The summed E-state index contributed by atoms with van der Waals surface area (Å²) >= 11 is 16.1. The zero-order chi connectivity index (χ0) is 16.9. The molecule has 2 aliphatic heterocycles. The lowest BCUT2D eigenvalue weighted by Crippen LogP contribution is -2.49. The van der Waals surface area contributed by atoms with Crippen LogP contribution in [0.15, 0.2) is 0 Å². The van der Waals surface area contributed by atoms with E-state index < -0.39 is 48.5 Å². The zero-order valence-corrected chi connectivity index (χ0v) is 14.2. The third-order valence-electron chi connectivity index (χ3n) is 3.42. The van der Waals surface area contributed by atoms with Crippen molar-refractivity contribution in [1.29, 1.82) is 0 Å². The van der Waals surface area contributed by atoms with Crippen LogP contribution in [-0.2, 0) is 14.2 Å². The molecule has 0 amide bonds. The highest BCUT2D eigenvalue weighted by molar-refractivity contribution is 6.21. The second kappa shape index (κ2) is 9.78. The SMILES string of the molecule is CCl.OCC1O[C@H](OC2OC(CCl)[C@@H](O)C2O)CC(O)C1Cl. The fraction of sp³-hybridized carbons (Fsp3) is 1.00. The maximum absolute atomic E-state index is 9.78. The zero-order valence-electron chi connectivity index (χ0n) is 11.9. The quantitative estimate of drug-likeness (QED) is 0.490. The monoisotopic (exact) mass is 382 g/mol. The van der Waals surface area contributed by atoms with Crippen LogP contribution in [0.3, 0.4) is 0 Å². The molecule has 2 heterocycles. The summed E-state index contributed by atoms with van der Waals surface area (Å²) in [5.74, 6) is 0.00918. The highest BCUT2D eigenvalue weighted by Crippen LogP contribution is 2.29. The first-order chi connectivity index (χ1) is 10.5. The van der Waals surface area contributed by atoms with E-state index in [1.54, 1.807) is 0 Å². The van der Waals surface area contributed by atoms with E-state index in [1.165, 1.54) is 6.38 Å². The first kappa shape index (κ1) is 20.6. The summed E-state index contributed by atoms with van der Waals surface area (Å²) in [5, 5.41) is 37.6. The van der Waals surface area contributed by atoms with Gasteiger partial charge in [0, 0.05) is 12.8 Å². The molecule has 7 nitrogen and oxygen atoms in total. The van der Waals surface area contributed by atoms with Crippen molar-refractivity contribution in [3.05, 3.63) is 0 Å². The molecule has 0 spiro atoms. The molecule has 10 heteroatoms. The van der Waals surface area contributed by atoms with Gasteiger partial charge >= 0.3 is 0 Å². The second-order valence-electron chi connectivity index (χ2n) is 4.85.